The topological polar surface area (TPSA) is 49.3 Å². The molecular formula is C13H19NO2S. The molecule has 0 saturated carbocycles. The Kier molecular flexibility index (Phi) is 5.91. The Hall–Kier alpha value is -1.16. The number of carbonyl (C=O) groups is 1. The van der Waals surface area contributed by atoms with E-state index in [2.05, 4.69) is 12.2 Å². The van der Waals surface area contributed by atoms with E-state index in [1.165, 1.54) is 0 Å². The molecule has 1 rings (SSSR count). The summed E-state index contributed by atoms with van der Waals surface area (Å²) in [6.07, 6.45) is 0.315. The molecule has 0 fully saturated rings. The molecule has 3 nitrogen and oxygen atoms in total. The third-order valence-electron chi connectivity index (χ3n) is 2.25. The highest BCUT2D eigenvalue weighted by molar-refractivity contribution is 7.99. The van der Waals surface area contributed by atoms with Crippen LogP contribution in [0.2, 0.25) is 0 Å². The van der Waals surface area contributed by atoms with E-state index in [1.54, 1.807) is 18.2 Å². The fourth-order valence-corrected chi connectivity index (χ4v) is 2.19. The van der Waals surface area contributed by atoms with Crippen molar-refractivity contribution in [1.82, 2.24) is 5.32 Å². The first kappa shape index (κ1) is 13.9. The van der Waals surface area contributed by atoms with Gasteiger partial charge in [0.2, 0.25) is 5.91 Å². The second-order valence-electron chi connectivity index (χ2n) is 3.97. The highest BCUT2D eigenvalue weighted by atomic mass is 32.2. The number of benzene rings is 1. The van der Waals surface area contributed by atoms with Gasteiger partial charge in [-0.1, -0.05) is 19.1 Å². The lowest BCUT2D eigenvalue weighted by Crippen LogP contribution is -2.35. The smallest absolute Gasteiger partial charge is 0.224 e. The average Bonchev–Trinajstić information content (AvgIpc) is 2.26. The van der Waals surface area contributed by atoms with Crippen molar-refractivity contribution in [2.75, 3.05) is 11.5 Å². The molecule has 0 spiro atoms. The lowest BCUT2D eigenvalue weighted by Gasteiger charge is -2.13. The van der Waals surface area contributed by atoms with Gasteiger partial charge in [-0.3, -0.25) is 4.79 Å². The number of hydrogen-bond acceptors (Lipinski definition) is 3. The monoisotopic (exact) mass is 253 g/mol. The normalized spacial score (nSPS) is 12.1. The van der Waals surface area contributed by atoms with Gasteiger partial charge in [0, 0.05) is 11.8 Å². The van der Waals surface area contributed by atoms with Crippen molar-refractivity contribution >= 4 is 17.7 Å². The maximum atomic E-state index is 11.7. The third kappa shape index (κ3) is 5.63. The first-order valence-electron chi connectivity index (χ1n) is 5.76. The number of phenols is 1. The summed E-state index contributed by atoms with van der Waals surface area (Å²) >= 11 is 1.81. The standard InChI is InChI=1S/C13H19NO2S/c1-3-17-9-10(2)14-13(16)8-11-5-4-6-12(15)7-11/h4-7,10,15H,3,8-9H2,1-2H3,(H,14,16). The SMILES string of the molecule is CCSCC(C)NC(=O)Cc1cccc(O)c1. The predicted molar refractivity (Wildman–Crippen MR) is 72.4 cm³/mol. The minimum absolute atomic E-state index is 0.000182. The van der Waals surface area contributed by atoms with Gasteiger partial charge in [-0.15, -0.1) is 0 Å². The number of nitrogens with one attached hydrogen (secondary N) is 1. The van der Waals surface area contributed by atoms with Crippen molar-refractivity contribution in [1.29, 1.82) is 0 Å². The number of aromatic hydroxyl groups is 1. The van der Waals surface area contributed by atoms with Crippen molar-refractivity contribution < 1.29 is 9.90 Å². The van der Waals surface area contributed by atoms with Gasteiger partial charge in [-0.25, -0.2) is 0 Å². The Balaban J connectivity index is 2.39. The summed E-state index contributed by atoms with van der Waals surface area (Å²) in [6, 6.07) is 6.98. The highest BCUT2D eigenvalue weighted by Crippen LogP contribution is 2.11. The summed E-state index contributed by atoms with van der Waals surface area (Å²) in [5.74, 6) is 2.19. The summed E-state index contributed by atoms with van der Waals surface area (Å²) < 4.78 is 0. The van der Waals surface area contributed by atoms with Gasteiger partial charge in [0.25, 0.3) is 0 Å². The Labute approximate surface area is 107 Å². The van der Waals surface area contributed by atoms with Gasteiger partial charge >= 0.3 is 0 Å². The van der Waals surface area contributed by atoms with E-state index < -0.39 is 0 Å². The number of rotatable bonds is 6. The molecule has 1 aromatic rings. The molecule has 2 N–H and O–H groups in total. The van der Waals surface area contributed by atoms with Crippen molar-refractivity contribution in [3.8, 4) is 5.75 Å². The molecule has 0 bridgehead atoms. The van der Waals surface area contributed by atoms with Gasteiger partial charge in [0.05, 0.1) is 6.42 Å². The highest BCUT2D eigenvalue weighted by Gasteiger charge is 2.08. The fourth-order valence-electron chi connectivity index (χ4n) is 1.51. The number of hydrogen-bond donors (Lipinski definition) is 2. The number of phenolic OH excluding ortho intramolecular Hbond substituents is 1. The summed E-state index contributed by atoms with van der Waals surface area (Å²) in [5, 5.41) is 12.2. The lowest BCUT2D eigenvalue weighted by molar-refractivity contribution is -0.120. The zero-order valence-corrected chi connectivity index (χ0v) is 11.1. The molecule has 0 aliphatic heterocycles. The molecule has 0 aromatic heterocycles. The van der Waals surface area contributed by atoms with Crippen LogP contribution in [0.15, 0.2) is 24.3 Å². The van der Waals surface area contributed by atoms with Gasteiger partial charge in [0.1, 0.15) is 5.75 Å². The van der Waals surface area contributed by atoms with Crippen molar-refractivity contribution in [3.63, 3.8) is 0 Å². The van der Waals surface area contributed by atoms with Crippen LogP contribution in [0.5, 0.6) is 5.75 Å². The molecule has 94 valence electrons. The molecule has 0 aliphatic rings. The van der Waals surface area contributed by atoms with E-state index in [9.17, 15) is 9.90 Å². The molecule has 0 heterocycles. The molecule has 17 heavy (non-hydrogen) atoms. The van der Waals surface area contributed by atoms with Gasteiger partial charge < -0.3 is 10.4 Å². The molecule has 4 heteroatoms. The maximum absolute atomic E-state index is 11.7. The number of carbonyl (C=O) groups excluding carboxylic acids is 1. The minimum atomic E-state index is -0.000182. The maximum Gasteiger partial charge on any atom is 0.224 e. The van der Waals surface area contributed by atoms with Crippen molar-refractivity contribution in [2.24, 2.45) is 0 Å². The van der Waals surface area contributed by atoms with Crippen LogP contribution in [0.3, 0.4) is 0 Å². The van der Waals surface area contributed by atoms with E-state index in [4.69, 9.17) is 0 Å². The zero-order valence-electron chi connectivity index (χ0n) is 10.3. The van der Waals surface area contributed by atoms with Crippen LogP contribution in [0.1, 0.15) is 19.4 Å². The predicted octanol–water partition coefficient (Wildman–Crippen LogP) is 2.19. The summed E-state index contributed by atoms with van der Waals surface area (Å²) in [6.45, 7) is 4.11. The van der Waals surface area contributed by atoms with Crippen molar-refractivity contribution in [3.05, 3.63) is 29.8 Å². The Morgan fingerprint density at radius 1 is 1.53 bits per heavy atom. The van der Waals surface area contributed by atoms with Crippen LogP contribution in [-0.2, 0) is 11.2 Å². The Bertz CT molecular complexity index is 368. The molecule has 1 unspecified atom stereocenters. The largest absolute Gasteiger partial charge is 0.508 e. The van der Waals surface area contributed by atoms with Gasteiger partial charge in [-0.2, -0.15) is 11.8 Å². The van der Waals surface area contributed by atoms with Crippen LogP contribution in [0.25, 0.3) is 0 Å². The van der Waals surface area contributed by atoms with E-state index in [1.807, 2.05) is 24.8 Å². The first-order chi connectivity index (χ1) is 8.11. The van der Waals surface area contributed by atoms with E-state index in [0.717, 1.165) is 17.1 Å². The van der Waals surface area contributed by atoms with Crippen LogP contribution in [-0.4, -0.2) is 28.6 Å². The molecule has 1 aromatic carbocycles. The van der Waals surface area contributed by atoms with Crippen LogP contribution < -0.4 is 5.32 Å². The Morgan fingerprint density at radius 2 is 2.29 bits per heavy atom. The quantitative estimate of drug-likeness (QED) is 0.817. The lowest BCUT2D eigenvalue weighted by atomic mass is 10.1. The number of thioether (sulfide) groups is 1. The fraction of sp³-hybridized carbons (Fsp3) is 0.462. The van der Waals surface area contributed by atoms with Crippen molar-refractivity contribution in [2.45, 2.75) is 26.3 Å². The average molecular weight is 253 g/mol. The molecular weight excluding hydrogens is 234 g/mol. The van der Waals surface area contributed by atoms with Crippen LogP contribution in [0.4, 0.5) is 0 Å². The molecule has 0 aliphatic carbocycles. The second kappa shape index (κ2) is 7.22. The molecule has 1 atom stereocenters. The number of amides is 1. The zero-order chi connectivity index (χ0) is 12.7. The summed E-state index contributed by atoms with van der Waals surface area (Å²) in [5.41, 5.74) is 0.831. The van der Waals surface area contributed by atoms with E-state index in [-0.39, 0.29) is 17.7 Å². The second-order valence-corrected chi connectivity index (χ2v) is 5.29. The van der Waals surface area contributed by atoms with Crippen LogP contribution in [0, 0.1) is 0 Å². The molecule has 0 radical (unpaired) electrons. The van der Waals surface area contributed by atoms with Gasteiger partial charge in [0.15, 0.2) is 0 Å². The van der Waals surface area contributed by atoms with E-state index >= 15 is 0 Å². The minimum Gasteiger partial charge on any atom is -0.508 e. The Morgan fingerprint density at radius 3 is 2.94 bits per heavy atom. The van der Waals surface area contributed by atoms with Crippen LogP contribution >= 0.6 is 11.8 Å². The van der Waals surface area contributed by atoms with Gasteiger partial charge in [-0.05, 0) is 30.4 Å². The first-order valence-corrected chi connectivity index (χ1v) is 6.92. The summed E-state index contributed by atoms with van der Waals surface area (Å²) in [4.78, 5) is 11.7. The molecule has 0 saturated heterocycles. The summed E-state index contributed by atoms with van der Waals surface area (Å²) in [7, 11) is 0. The van der Waals surface area contributed by atoms with E-state index in [0.29, 0.717) is 6.42 Å². The molecule has 1 amide bonds. The third-order valence-corrected chi connectivity index (χ3v) is 3.40.